The van der Waals surface area contributed by atoms with E-state index in [2.05, 4.69) is 20.2 Å². The molecular formula is C13H13N5OS. The largest absolute Gasteiger partial charge is 0.334 e. The minimum atomic E-state index is -0.0530. The molecule has 2 heterocycles. The molecular weight excluding hydrogens is 274 g/mol. The lowest BCUT2D eigenvalue weighted by Crippen LogP contribution is -2.26. The summed E-state index contributed by atoms with van der Waals surface area (Å²) in [6, 6.07) is 5.53. The number of benzene rings is 1. The molecule has 0 atom stereocenters. The second-order valence-electron chi connectivity index (χ2n) is 4.53. The van der Waals surface area contributed by atoms with E-state index in [1.54, 1.807) is 23.5 Å². The van der Waals surface area contributed by atoms with Gasteiger partial charge in [0.2, 0.25) is 0 Å². The number of nitrogens with one attached hydrogen (secondary N) is 1. The molecule has 0 bridgehead atoms. The minimum absolute atomic E-state index is 0.0530. The van der Waals surface area contributed by atoms with Crippen LogP contribution in [0.1, 0.15) is 22.0 Å². The lowest BCUT2D eigenvalue weighted by molar-refractivity contribution is 0.0782. The summed E-state index contributed by atoms with van der Waals surface area (Å²) in [4.78, 5) is 22.4. The summed E-state index contributed by atoms with van der Waals surface area (Å²) in [6.45, 7) is 2.21. The van der Waals surface area contributed by atoms with Crippen molar-refractivity contribution in [3.05, 3.63) is 40.9 Å². The van der Waals surface area contributed by atoms with E-state index in [-0.39, 0.29) is 5.91 Å². The average Bonchev–Trinajstić information content (AvgIpc) is 3.05. The second-order valence-corrected chi connectivity index (χ2v) is 5.42. The maximum Gasteiger partial charge on any atom is 0.254 e. The summed E-state index contributed by atoms with van der Waals surface area (Å²) in [5, 5.41) is 6.80. The summed E-state index contributed by atoms with van der Waals surface area (Å²) in [6.07, 6.45) is 0. The van der Waals surface area contributed by atoms with Crippen molar-refractivity contribution >= 4 is 27.5 Å². The summed E-state index contributed by atoms with van der Waals surface area (Å²) in [7, 11) is 1.74. The fourth-order valence-electron chi connectivity index (χ4n) is 1.95. The first kappa shape index (κ1) is 12.7. The van der Waals surface area contributed by atoms with E-state index in [1.807, 2.05) is 19.1 Å². The number of amides is 1. The van der Waals surface area contributed by atoms with Crippen LogP contribution >= 0.6 is 11.3 Å². The van der Waals surface area contributed by atoms with Crippen molar-refractivity contribution in [3.8, 4) is 0 Å². The summed E-state index contributed by atoms with van der Waals surface area (Å²) >= 11 is 1.53. The van der Waals surface area contributed by atoms with Gasteiger partial charge in [0.25, 0.3) is 5.91 Å². The first-order valence-electron chi connectivity index (χ1n) is 6.10. The van der Waals surface area contributed by atoms with Gasteiger partial charge in [-0.1, -0.05) is 0 Å². The Labute approximate surface area is 119 Å². The molecule has 0 spiro atoms. The number of rotatable bonds is 3. The molecule has 0 saturated carbocycles. The lowest BCUT2D eigenvalue weighted by Gasteiger charge is -2.15. The third kappa shape index (κ3) is 2.39. The number of aromatic amines is 1. The lowest BCUT2D eigenvalue weighted by atomic mass is 10.2. The fourth-order valence-corrected chi connectivity index (χ4v) is 2.67. The third-order valence-corrected chi connectivity index (χ3v) is 3.74. The first-order valence-corrected chi connectivity index (χ1v) is 6.98. The Morgan fingerprint density at radius 1 is 1.45 bits per heavy atom. The van der Waals surface area contributed by atoms with Gasteiger partial charge in [0.15, 0.2) is 5.82 Å². The molecule has 0 aliphatic heterocycles. The molecule has 3 aromatic rings. The Morgan fingerprint density at radius 3 is 3.05 bits per heavy atom. The van der Waals surface area contributed by atoms with E-state index >= 15 is 0 Å². The highest BCUT2D eigenvalue weighted by atomic mass is 32.1. The molecule has 20 heavy (non-hydrogen) atoms. The quantitative estimate of drug-likeness (QED) is 0.799. The highest BCUT2D eigenvalue weighted by molar-refractivity contribution is 7.16. The zero-order valence-electron chi connectivity index (χ0n) is 11.1. The molecule has 2 aromatic heterocycles. The highest BCUT2D eigenvalue weighted by Crippen LogP contribution is 2.20. The molecule has 1 N–H and O–H groups in total. The smallest absolute Gasteiger partial charge is 0.254 e. The van der Waals surface area contributed by atoms with Crippen molar-refractivity contribution in [2.24, 2.45) is 0 Å². The summed E-state index contributed by atoms with van der Waals surface area (Å²) < 4.78 is 1.01. The van der Waals surface area contributed by atoms with Crippen molar-refractivity contribution in [2.45, 2.75) is 13.5 Å². The molecule has 3 rings (SSSR count). The maximum atomic E-state index is 12.4. The Kier molecular flexibility index (Phi) is 3.19. The van der Waals surface area contributed by atoms with Crippen molar-refractivity contribution in [1.29, 1.82) is 0 Å². The highest BCUT2D eigenvalue weighted by Gasteiger charge is 2.14. The van der Waals surface area contributed by atoms with Gasteiger partial charge >= 0.3 is 0 Å². The van der Waals surface area contributed by atoms with Gasteiger partial charge < -0.3 is 4.90 Å². The van der Waals surface area contributed by atoms with Gasteiger partial charge in [-0.3, -0.25) is 9.89 Å². The van der Waals surface area contributed by atoms with Crippen molar-refractivity contribution in [2.75, 3.05) is 7.05 Å². The van der Waals surface area contributed by atoms with Crippen LogP contribution in [0.25, 0.3) is 10.2 Å². The van der Waals surface area contributed by atoms with Crippen LogP contribution in [0, 0.1) is 6.92 Å². The first-order chi connectivity index (χ1) is 9.63. The van der Waals surface area contributed by atoms with Gasteiger partial charge in [-0.25, -0.2) is 9.97 Å². The Balaban J connectivity index is 1.80. The van der Waals surface area contributed by atoms with Gasteiger partial charge in [-0.05, 0) is 25.1 Å². The number of carbonyl (C=O) groups is 1. The molecule has 0 radical (unpaired) electrons. The molecule has 0 saturated heterocycles. The Bertz CT molecular complexity index is 763. The predicted octanol–water partition coefficient (Wildman–Crippen LogP) is 2.00. The predicted molar refractivity (Wildman–Crippen MR) is 76.5 cm³/mol. The van der Waals surface area contributed by atoms with Crippen LogP contribution in [-0.4, -0.2) is 38.0 Å². The number of aryl methyl sites for hydroxylation is 1. The van der Waals surface area contributed by atoms with E-state index in [0.717, 1.165) is 16.0 Å². The van der Waals surface area contributed by atoms with Gasteiger partial charge in [0, 0.05) is 12.6 Å². The zero-order chi connectivity index (χ0) is 14.1. The van der Waals surface area contributed by atoms with Crippen LogP contribution in [0.4, 0.5) is 0 Å². The topological polar surface area (TPSA) is 74.8 Å². The molecule has 6 nitrogen and oxygen atoms in total. The minimum Gasteiger partial charge on any atom is -0.334 e. The Morgan fingerprint density at radius 2 is 2.30 bits per heavy atom. The van der Waals surface area contributed by atoms with Crippen LogP contribution < -0.4 is 0 Å². The van der Waals surface area contributed by atoms with E-state index in [1.165, 1.54) is 11.3 Å². The molecule has 102 valence electrons. The average molecular weight is 287 g/mol. The van der Waals surface area contributed by atoms with E-state index in [4.69, 9.17) is 0 Å². The molecule has 1 aromatic carbocycles. The number of nitrogens with zero attached hydrogens (tertiary/aromatic N) is 4. The van der Waals surface area contributed by atoms with Gasteiger partial charge in [-0.15, -0.1) is 11.3 Å². The van der Waals surface area contributed by atoms with Gasteiger partial charge in [0.1, 0.15) is 5.82 Å². The fraction of sp³-hybridized carbons (Fsp3) is 0.231. The number of aromatic nitrogens is 4. The SMILES string of the molecule is Cc1nc(CN(C)C(=O)c2ccc3ncsc3c2)n[nH]1. The van der Waals surface area contributed by atoms with Crippen LogP contribution in [-0.2, 0) is 6.54 Å². The standard InChI is InChI=1S/C13H13N5OS/c1-8-15-12(17-16-8)6-18(2)13(19)9-3-4-10-11(5-9)20-7-14-10/h3-5,7H,6H2,1-2H3,(H,15,16,17). The molecule has 1 amide bonds. The monoisotopic (exact) mass is 287 g/mol. The van der Waals surface area contributed by atoms with Crippen molar-refractivity contribution in [3.63, 3.8) is 0 Å². The maximum absolute atomic E-state index is 12.4. The number of fused-ring (bicyclic) bond motifs is 1. The Hall–Kier alpha value is -2.28. The third-order valence-electron chi connectivity index (χ3n) is 2.95. The molecule has 0 fully saturated rings. The zero-order valence-corrected chi connectivity index (χ0v) is 11.9. The van der Waals surface area contributed by atoms with Crippen LogP contribution in [0.2, 0.25) is 0 Å². The number of hydrogen-bond acceptors (Lipinski definition) is 5. The summed E-state index contributed by atoms with van der Waals surface area (Å²) in [5.41, 5.74) is 3.34. The van der Waals surface area contributed by atoms with Gasteiger partial charge in [-0.2, -0.15) is 5.10 Å². The van der Waals surface area contributed by atoms with Crippen molar-refractivity contribution in [1.82, 2.24) is 25.1 Å². The molecule has 0 unspecified atom stereocenters. The number of hydrogen-bond donors (Lipinski definition) is 1. The molecule has 0 aliphatic carbocycles. The van der Waals surface area contributed by atoms with E-state index in [9.17, 15) is 4.79 Å². The number of carbonyl (C=O) groups excluding carboxylic acids is 1. The van der Waals surface area contributed by atoms with Crippen LogP contribution in [0.5, 0.6) is 0 Å². The molecule has 0 aliphatic rings. The number of H-pyrrole nitrogens is 1. The normalized spacial score (nSPS) is 10.9. The van der Waals surface area contributed by atoms with E-state index in [0.29, 0.717) is 17.9 Å². The van der Waals surface area contributed by atoms with E-state index < -0.39 is 0 Å². The van der Waals surface area contributed by atoms with Crippen LogP contribution in [0.15, 0.2) is 23.7 Å². The second kappa shape index (κ2) is 5.01. The number of thiazole rings is 1. The molecule has 7 heteroatoms. The van der Waals surface area contributed by atoms with Crippen LogP contribution in [0.3, 0.4) is 0 Å². The van der Waals surface area contributed by atoms with Crippen molar-refractivity contribution < 1.29 is 4.79 Å². The van der Waals surface area contributed by atoms with Gasteiger partial charge in [0.05, 0.1) is 22.3 Å². The summed E-state index contributed by atoms with van der Waals surface area (Å²) in [5.74, 6) is 1.30.